The van der Waals surface area contributed by atoms with E-state index >= 15 is 0 Å². The number of amides is 2. The summed E-state index contributed by atoms with van der Waals surface area (Å²) in [6.45, 7) is 4.84. The van der Waals surface area contributed by atoms with Crippen molar-refractivity contribution in [2.45, 2.75) is 44.6 Å². The van der Waals surface area contributed by atoms with Crippen molar-refractivity contribution < 1.29 is 4.79 Å². The van der Waals surface area contributed by atoms with Crippen LogP contribution < -0.4 is 4.90 Å². The number of carbonyl (C=O) groups excluding carboxylic acids is 1. The fourth-order valence-corrected chi connectivity index (χ4v) is 3.82. The first-order valence-corrected chi connectivity index (χ1v) is 8.60. The van der Waals surface area contributed by atoms with Gasteiger partial charge in [0, 0.05) is 51.7 Å². The van der Waals surface area contributed by atoms with Crippen LogP contribution in [0.15, 0.2) is 12.4 Å². The Labute approximate surface area is 138 Å². The van der Waals surface area contributed by atoms with Crippen LogP contribution in [0.25, 0.3) is 0 Å². The molecule has 2 aliphatic rings. The Balaban J connectivity index is 1.68. The summed E-state index contributed by atoms with van der Waals surface area (Å²) in [5.41, 5.74) is 1.21. The lowest BCUT2D eigenvalue weighted by Crippen LogP contribution is -2.56. The Kier molecular flexibility index (Phi) is 4.41. The number of hydrogen-bond acceptors (Lipinski definition) is 4. The van der Waals surface area contributed by atoms with Crippen LogP contribution in [0.3, 0.4) is 0 Å². The van der Waals surface area contributed by atoms with Crippen molar-refractivity contribution in [1.82, 2.24) is 19.8 Å². The minimum Gasteiger partial charge on any atom is -0.341 e. The molecule has 2 aliphatic heterocycles. The van der Waals surface area contributed by atoms with Crippen molar-refractivity contribution in [3.63, 3.8) is 0 Å². The Morgan fingerprint density at radius 1 is 1.17 bits per heavy atom. The van der Waals surface area contributed by atoms with Gasteiger partial charge in [-0.3, -0.25) is 0 Å². The zero-order chi connectivity index (χ0) is 16.4. The molecule has 3 rings (SSSR count). The smallest absolute Gasteiger partial charge is 0.319 e. The Bertz CT molecular complexity index is 549. The van der Waals surface area contributed by atoms with E-state index in [9.17, 15) is 4.79 Å². The first kappa shape index (κ1) is 16.0. The van der Waals surface area contributed by atoms with E-state index < -0.39 is 0 Å². The number of carbonyl (C=O) groups is 1. The molecule has 6 heteroatoms. The molecule has 3 heterocycles. The summed E-state index contributed by atoms with van der Waals surface area (Å²) in [6, 6.07) is 0.152. The topological polar surface area (TPSA) is 52.6 Å². The van der Waals surface area contributed by atoms with E-state index in [2.05, 4.69) is 26.7 Å². The van der Waals surface area contributed by atoms with Crippen molar-refractivity contribution in [2.24, 2.45) is 0 Å². The van der Waals surface area contributed by atoms with Crippen LogP contribution in [0.2, 0.25) is 0 Å². The van der Waals surface area contributed by atoms with E-state index in [1.807, 2.05) is 26.5 Å². The lowest BCUT2D eigenvalue weighted by atomic mass is 9.85. The van der Waals surface area contributed by atoms with E-state index in [0.717, 1.165) is 57.7 Å². The number of hydrogen-bond donors (Lipinski definition) is 0. The van der Waals surface area contributed by atoms with Crippen LogP contribution in [-0.4, -0.2) is 65.1 Å². The SMILES string of the molecule is CCc1cnc(N2CCC3(CCCN3C(=O)N(C)C)CC2)nc1. The van der Waals surface area contributed by atoms with Crippen LogP contribution in [0.4, 0.5) is 10.7 Å². The molecule has 2 fully saturated rings. The number of urea groups is 1. The van der Waals surface area contributed by atoms with Crippen molar-refractivity contribution in [3.8, 4) is 0 Å². The molecule has 1 aromatic rings. The molecular weight excluding hydrogens is 290 g/mol. The van der Waals surface area contributed by atoms with Crippen LogP contribution >= 0.6 is 0 Å². The van der Waals surface area contributed by atoms with Gasteiger partial charge in [0.05, 0.1) is 0 Å². The van der Waals surface area contributed by atoms with Crippen LogP contribution in [0, 0.1) is 0 Å². The van der Waals surface area contributed by atoms with Gasteiger partial charge < -0.3 is 14.7 Å². The highest BCUT2D eigenvalue weighted by Crippen LogP contribution is 2.39. The van der Waals surface area contributed by atoms with Crippen LogP contribution in [0.1, 0.15) is 38.2 Å². The quantitative estimate of drug-likeness (QED) is 0.839. The number of aromatic nitrogens is 2. The fourth-order valence-electron chi connectivity index (χ4n) is 3.82. The van der Waals surface area contributed by atoms with Crippen LogP contribution in [0.5, 0.6) is 0 Å². The Hall–Kier alpha value is -1.85. The largest absolute Gasteiger partial charge is 0.341 e. The monoisotopic (exact) mass is 317 g/mol. The first-order valence-electron chi connectivity index (χ1n) is 8.60. The number of rotatable bonds is 2. The van der Waals surface area contributed by atoms with E-state index in [1.165, 1.54) is 5.56 Å². The summed E-state index contributed by atoms with van der Waals surface area (Å²) < 4.78 is 0. The summed E-state index contributed by atoms with van der Waals surface area (Å²) in [6.07, 6.45) is 9.05. The third kappa shape index (κ3) is 2.99. The third-order valence-corrected chi connectivity index (χ3v) is 5.29. The molecule has 2 amide bonds. The van der Waals surface area contributed by atoms with Crippen LogP contribution in [-0.2, 0) is 6.42 Å². The minimum absolute atomic E-state index is 0.0429. The molecule has 126 valence electrons. The molecule has 2 saturated heterocycles. The van der Waals surface area contributed by atoms with E-state index in [0.29, 0.717) is 0 Å². The van der Waals surface area contributed by atoms with Gasteiger partial charge >= 0.3 is 6.03 Å². The molecule has 0 atom stereocenters. The highest BCUT2D eigenvalue weighted by Gasteiger charge is 2.46. The Morgan fingerprint density at radius 3 is 2.39 bits per heavy atom. The van der Waals surface area contributed by atoms with Gasteiger partial charge in [0.1, 0.15) is 0 Å². The van der Waals surface area contributed by atoms with Gasteiger partial charge in [0.15, 0.2) is 0 Å². The van der Waals surface area contributed by atoms with Gasteiger partial charge in [-0.15, -0.1) is 0 Å². The van der Waals surface area contributed by atoms with Gasteiger partial charge in [0.25, 0.3) is 0 Å². The predicted octanol–water partition coefficient (Wildman–Crippen LogP) is 2.16. The molecule has 0 bridgehead atoms. The maximum atomic E-state index is 12.5. The number of aryl methyl sites for hydroxylation is 1. The van der Waals surface area contributed by atoms with Crippen molar-refractivity contribution in [2.75, 3.05) is 38.6 Å². The molecule has 1 aromatic heterocycles. The molecule has 0 N–H and O–H groups in total. The molecule has 0 saturated carbocycles. The minimum atomic E-state index is 0.0429. The molecule has 0 aliphatic carbocycles. The lowest BCUT2D eigenvalue weighted by Gasteiger charge is -2.45. The molecule has 0 unspecified atom stereocenters. The molecule has 6 nitrogen and oxygen atoms in total. The molecule has 23 heavy (non-hydrogen) atoms. The summed E-state index contributed by atoms with van der Waals surface area (Å²) in [5.74, 6) is 0.820. The van der Waals surface area contributed by atoms with Gasteiger partial charge in [0.2, 0.25) is 5.95 Å². The van der Waals surface area contributed by atoms with Gasteiger partial charge in [-0.1, -0.05) is 6.92 Å². The molecule has 0 radical (unpaired) electrons. The average molecular weight is 317 g/mol. The average Bonchev–Trinajstić information content (AvgIpc) is 2.98. The normalized spacial score (nSPS) is 20.1. The van der Waals surface area contributed by atoms with Crippen molar-refractivity contribution >= 4 is 12.0 Å². The third-order valence-electron chi connectivity index (χ3n) is 5.29. The predicted molar refractivity (Wildman–Crippen MR) is 90.6 cm³/mol. The summed E-state index contributed by atoms with van der Waals surface area (Å²) >= 11 is 0. The summed E-state index contributed by atoms with van der Waals surface area (Å²) in [7, 11) is 3.68. The first-order chi connectivity index (χ1) is 11.1. The van der Waals surface area contributed by atoms with E-state index in [4.69, 9.17) is 0 Å². The maximum Gasteiger partial charge on any atom is 0.319 e. The second-order valence-electron chi connectivity index (χ2n) is 6.89. The lowest BCUT2D eigenvalue weighted by molar-refractivity contribution is 0.106. The van der Waals surface area contributed by atoms with Gasteiger partial charge in [-0.25, -0.2) is 14.8 Å². The molecule has 0 aromatic carbocycles. The van der Waals surface area contributed by atoms with Gasteiger partial charge in [-0.05, 0) is 37.7 Å². The standard InChI is InChI=1S/C17H27N5O/c1-4-14-12-18-15(19-13-14)21-10-7-17(8-11-21)6-5-9-22(17)16(23)20(2)3/h12-13H,4-11H2,1-3H3. The van der Waals surface area contributed by atoms with Crippen molar-refractivity contribution in [3.05, 3.63) is 18.0 Å². The second kappa shape index (κ2) is 6.34. The Morgan fingerprint density at radius 2 is 1.83 bits per heavy atom. The van der Waals surface area contributed by atoms with Gasteiger partial charge in [-0.2, -0.15) is 0 Å². The fraction of sp³-hybridized carbons (Fsp3) is 0.706. The summed E-state index contributed by atoms with van der Waals surface area (Å²) in [4.78, 5) is 27.5. The highest BCUT2D eigenvalue weighted by atomic mass is 16.2. The second-order valence-corrected chi connectivity index (χ2v) is 6.89. The number of likely N-dealkylation sites (tertiary alicyclic amines) is 1. The van der Waals surface area contributed by atoms with Crippen molar-refractivity contribution in [1.29, 1.82) is 0 Å². The zero-order valence-electron chi connectivity index (χ0n) is 14.5. The molecular formula is C17H27N5O. The number of anilines is 1. The van der Waals surface area contributed by atoms with E-state index in [1.54, 1.807) is 4.90 Å². The summed E-state index contributed by atoms with van der Waals surface area (Å²) in [5, 5.41) is 0. The zero-order valence-corrected chi connectivity index (χ0v) is 14.5. The number of nitrogens with zero attached hydrogens (tertiary/aromatic N) is 5. The highest BCUT2D eigenvalue weighted by molar-refractivity contribution is 5.75. The molecule has 1 spiro atoms. The maximum absolute atomic E-state index is 12.5. The van der Waals surface area contributed by atoms with E-state index in [-0.39, 0.29) is 11.6 Å². The number of piperidine rings is 1.